The Morgan fingerprint density at radius 1 is 0.810 bits per heavy atom. The van der Waals surface area contributed by atoms with Gasteiger partial charge in [0.2, 0.25) is 11.8 Å². The highest BCUT2D eigenvalue weighted by atomic mass is 16.4. The number of rotatable bonds is 13. The number of nitrogens with one attached hydrogen (secondary N) is 3. The number of hydrogen-bond donors (Lipinski definition) is 4. The number of carbonyl (C=O) groups is 5. The molecule has 0 fully saturated rings. The molecule has 220 valence electrons. The number of carboxylic acids is 1. The largest absolute Gasteiger partial charge is 0.480 e. The predicted molar refractivity (Wildman–Crippen MR) is 158 cm³/mol. The van der Waals surface area contributed by atoms with E-state index in [4.69, 9.17) is 0 Å². The van der Waals surface area contributed by atoms with Crippen LogP contribution in [0.3, 0.4) is 0 Å². The minimum absolute atomic E-state index is 0.00702. The normalized spacial score (nSPS) is 15.0. The third-order valence-corrected chi connectivity index (χ3v) is 7.40. The molecule has 1 aliphatic heterocycles. The zero-order chi connectivity index (χ0) is 30.4. The molecule has 3 atom stereocenters. The summed E-state index contributed by atoms with van der Waals surface area (Å²) in [5, 5.41) is 19.8. The molecular weight excluding hydrogens is 536 g/mol. The molecule has 3 aromatic rings. The second kappa shape index (κ2) is 13.5. The van der Waals surface area contributed by atoms with Crippen molar-refractivity contribution in [1.29, 1.82) is 0 Å². The molecule has 0 spiro atoms. The van der Waals surface area contributed by atoms with Gasteiger partial charge in [-0.3, -0.25) is 39.5 Å². The van der Waals surface area contributed by atoms with Crippen LogP contribution < -0.4 is 16.0 Å². The molecular formula is C32H36N4O6. The van der Waals surface area contributed by atoms with E-state index in [1.807, 2.05) is 68.4 Å². The lowest BCUT2D eigenvalue weighted by molar-refractivity contribution is -0.140. The summed E-state index contributed by atoms with van der Waals surface area (Å²) in [6.07, 6.45) is 0.515. The van der Waals surface area contributed by atoms with Gasteiger partial charge < -0.3 is 10.4 Å². The zero-order valence-corrected chi connectivity index (χ0v) is 23.9. The summed E-state index contributed by atoms with van der Waals surface area (Å²) in [4.78, 5) is 65.6. The molecule has 1 aliphatic rings. The smallest absolute Gasteiger partial charge is 0.320 e. The highest BCUT2D eigenvalue weighted by Crippen LogP contribution is 2.28. The summed E-state index contributed by atoms with van der Waals surface area (Å²) in [6, 6.07) is 17.2. The Balaban J connectivity index is 1.43. The van der Waals surface area contributed by atoms with Crippen molar-refractivity contribution in [3.05, 3.63) is 83.4 Å². The first kappa shape index (κ1) is 30.5. The fourth-order valence-electron chi connectivity index (χ4n) is 5.15. The maximum atomic E-state index is 13.2. The molecule has 1 heterocycles. The summed E-state index contributed by atoms with van der Waals surface area (Å²) in [5.41, 5.74) is 1.48. The van der Waals surface area contributed by atoms with Crippen molar-refractivity contribution in [1.82, 2.24) is 20.9 Å². The number of carbonyl (C=O) groups excluding carboxylic acids is 4. The van der Waals surface area contributed by atoms with E-state index >= 15 is 0 Å². The van der Waals surface area contributed by atoms with Crippen LogP contribution in [0, 0.1) is 5.92 Å². The van der Waals surface area contributed by atoms with Crippen LogP contribution in [-0.2, 0) is 20.8 Å². The molecule has 4 rings (SSSR count). The van der Waals surface area contributed by atoms with E-state index in [0.29, 0.717) is 6.42 Å². The Morgan fingerprint density at radius 2 is 1.36 bits per heavy atom. The first-order chi connectivity index (χ1) is 20.1. The van der Waals surface area contributed by atoms with Gasteiger partial charge in [0.05, 0.1) is 23.2 Å². The van der Waals surface area contributed by atoms with Gasteiger partial charge in [0.15, 0.2) is 0 Å². The monoisotopic (exact) mass is 572 g/mol. The summed E-state index contributed by atoms with van der Waals surface area (Å²) < 4.78 is 0. The van der Waals surface area contributed by atoms with E-state index in [1.54, 1.807) is 19.2 Å². The number of hydrogen-bond acceptors (Lipinski definition) is 7. The van der Waals surface area contributed by atoms with Crippen LogP contribution in [0.5, 0.6) is 0 Å². The Hall–Kier alpha value is -4.41. The van der Waals surface area contributed by atoms with Gasteiger partial charge in [-0.15, -0.1) is 0 Å². The maximum absolute atomic E-state index is 13.2. The second-order valence-electron chi connectivity index (χ2n) is 10.9. The highest BCUT2D eigenvalue weighted by Gasteiger charge is 2.37. The van der Waals surface area contributed by atoms with Crippen LogP contribution in [0.1, 0.15) is 53.0 Å². The summed E-state index contributed by atoms with van der Waals surface area (Å²) in [7, 11) is 1.63. The highest BCUT2D eigenvalue weighted by molar-refractivity contribution is 6.23. The molecule has 10 nitrogen and oxygen atoms in total. The van der Waals surface area contributed by atoms with E-state index in [1.165, 1.54) is 0 Å². The topological polar surface area (TPSA) is 145 Å². The molecule has 0 radical (unpaired) electrons. The molecule has 0 aliphatic carbocycles. The van der Waals surface area contributed by atoms with Crippen LogP contribution >= 0.6 is 0 Å². The first-order valence-corrected chi connectivity index (χ1v) is 14.0. The second-order valence-corrected chi connectivity index (χ2v) is 10.9. The van der Waals surface area contributed by atoms with E-state index < -0.39 is 47.7 Å². The molecule has 4 amide bonds. The molecule has 0 unspecified atom stereocenters. The molecule has 0 bridgehead atoms. The number of amides is 4. The Bertz CT molecular complexity index is 1430. The van der Waals surface area contributed by atoms with Gasteiger partial charge in [-0.2, -0.15) is 0 Å². The molecule has 0 saturated carbocycles. The fourth-order valence-corrected chi connectivity index (χ4v) is 5.15. The lowest BCUT2D eigenvalue weighted by Crippen LogP contribution is -2.55. The molecule has 4 N–H and O–H groups in total. The molecule has 3 aromatic carbocycles. The molecule has 0 saturated heterocycles. The number of benzene rings is 3. The number of imide groups is 2. The van der Waals surface area contributed by atoms with Gasteiger partial charge in [0, 0.05) is 6.54 Å². The number of likely N-dealkylation sites (N-methyl/N-ethyl adjacent to an activating group) is 1. The van der Waals surface area contributed by atoms with Crippen molar-refractivity contribution in [2.75, 3.05) is 13.6 Å². The van der Waals surface area contributed by atoms with Crippen LogP contribution in [0.4, 0.5) is 0 Å². The number of carboxylic acid groups (broad SMARTS) is 1. The van der Waals surface area contributed by atoms with Crippen molar-refractivity contribution < 1.29 is 29.1 Å². The average Bonchev–Trinajstić information content (AvgIpc) is 3.20. The Morgan fingerprint density at radius 3 is 1.88 bits per heavy atom. The number of nitrogens with zero attached hydrogens (tertiary/aromatic N) is 1. The van der Waals surface area contributed by atoms with Gasteiger partial charge in [0.25, 0.3) is 11.8 Å². The van der Waals surface area contributed by atoms with Crippen LogP contribution in [0.15, 0.2) is 66.7 Å². The van der Waals surface area contributed by atoms with Gasteiger partial charge in [-0.25, -0.2) is 0 Å². The first-order valence-electron chi connectivity index (χ1n) is 14.0. The van der Waals surface area contributed by atoms with Crippen molar-refractivity contribution in [2.24, 2.45) is 5.92 Å². The van der Waals surface area contributed by atoms with Crippen molar-refractivity contribution in [3.63, 3.8) is 0 Å². The Kier molecular flexibility index (Phi) is 9.82. The molecule has 10 heteroatoms. The van der Waals surface area contributed by atoms with Gasteiger partial charge in [-0.1, -0.05) is 68.4 Å². The predicted octanol–water partition coefficient (Wildman–Crippen LogP) is 2.76. The van der Waals surface area contributed by atoms with E-state index in [0.717, 1.165) is 21.2 Å². The minimum atomic E-state index is -1.25. The third kappa shape index (κ3) is 7.07. The molecule has 0 aromatic heterocycles. The van der Waals surface area contributed by atoms with E-state index in [9.17, 15) is 29.1 Å². The summed E-state index contributed by atoms with van der Waals surface area (Å²) in [5.74, 6) is -3.35. The van der Waals surface area contributed by atoms with Gasteiger partial charge in [-0.05, 0) is 60.7 Å². The number of aliphatic carboxylic acids is 1. The zero-order valence-electron chi connectivity index (χ0n) is 23.9. The minimum Gasteiger partial charge on any atom is -0.480 e. The lowest BCUT2D eigenvalue weighted by atomic mass is 10.0. The summed E-state index contributed by atoms with van der Waals surface area (Å²) in [6.45, 7) is 3.61. The average molecular weight is 573 g/mol. The summed E-state index contributed by atoms with van der Waals surface area (Å²) >= 11 is 0. The van der Waals surface area contributed by atoms with Crippen LogP contribution in [0.25, 0.3) is 10.8 Å². The van der Waals surface area contributed by atoms with Gasteiger partial charge in [0.1, 0.15) is 6.04 Å². The van der Waals surface area contributed by atoms with Crippen molar-refractivity contribution in [2.45, 2.75) is 51.2 Å². The maximum Gasteiger partial charge on any atom is 0.320 e. The van der Waals surface area contributed by atoms with Crippen LogP contribution in [-0.4, -0.2) is 71.3 Å². The van der Waals surface area contributed by atoms with E-state index in [-0.39, 0.29) is 36.4 Å². The fraction of sp³-hybridized carbons (Fsp3) is 0.344. The van der Waals surface area contributed by atoms with Crippen molar-refractivity contribution in [3.8, 4) is 0 Å². The quantitative estimate of drug-likeness (QED) is 0.229. The van der Waals surface area contributed by atoms with Crippen LogP contribution in [0.2, 0.25) is 0 Å². The Labute approximate surface area is 244 Å². The van der Waals surface area contributed by atoms with Crippen molar-refractivity contribution >= 4 is 40.4 Å². The standard InChI is InChI=1S/C32H36N4O6/c1-19(2)15-27(29(38)35-28(37)26(33-3)16-20-9-5-4-6-10-20)34-25(32(41)42)13-14-36-30(39)23-17-21-11-7-8-12-22(21)18-24(23)31(36)40/h4-12,17-19,25-27,33-34H,13-16H2,1-3H3,(H,41,42)(H,35,37,38)/t25-,26+,27+/m1/s1. The van der Waals surface area contributed by atoms with E-state index in [2.05, 4.69) is 16.0 Å². The molecule has 42 heavy (non-hydrogen) atoms. The third-order valence-electron chi connectivity index (χ3n) is 7.40. The van der Waals surface area contributed by atoms with Gasteiger partial charge >= 0.3 is 5.97 Å². The SMILES string of the molecule is CN[C@@H](Cc1ccccc1)C(=O)NC(=O)[C@H](CC(C)C)N[C@H](CCN1C(=O)c2cc3ccccc3cc2C1=O)C(=O)O. The number of fused-ring (bicyclic) bond motifs is 2. The lowest BCUT2D eigenvalue weighted by Gasteiger charge is -2.26.